The Morgan fingerprint density at radius 3 is 1.48 bits per heavy atom. The summed E-state index contributed by atoms with van der Waals surface area (Å²) in [6.45, 7) is 4.20. The Morgan fingerprint density at radius 1 is 0.714 bits per heavy atom. The van der Waals surface area contributed by atoms with Gasteiger partial charge in [0.15, 0.2) is 5.12 Å². The summed E-state index contributed by atoms with van der Waals surface area (Å²) in [4.78, 5) is 11.3. The van der Waals surface area contributed by atoms with Gasteiger partial charge in [0.05, 0.1) is 0 Å². The van der Waals surface area contributed by atoms with Crippen molar-refractivity contribution in [1.82, 2.24) is 0 Å². The summed E-state index contributed by atoms with van der Waals surface area (Å²) >= 11 is 1.35. The fraction of sp³-hybridized carbons (Fsp3) is 0.895. The quantitative estimate of drug-likeness (QED) is 0.278. The van der Waals surface area contributed by atoms with E-state index in [0.717, 1.165) is 12.8 Å². The molecule has 125 valence electrons. The van der Waals surface area contributed by atoms with E-state index in [9.17, 15) is 4.79 Å². The Morgan fingerprint density at radius 2 is 1.10 bits per heavy atom. The van der Waals surface area contributed by atoms with Gasteiger partial charge in [0.25, 0.3) is 0 Å². The minimum atomic E-state index is 0.330. The highest BCUT2D eigenvalue weighted by Gasteiger charge is 2.00. The molecule has 0 spiro atoms. The lowest BCUT2D eigenvalue weighted by Gasteiger charge is -2.03. The van der Waals surface area contributed by atoms with Crippen LogP contribution in [0.15, 0.2) is 0 Å². The lowest BCUT2D eigenvalue weighted by atomic mass is 10.0. The van der Waals surface area contributed by atoms with Crippen LogP contribution in [0, 0.1) is 5.75 Å². The van der Waals surface area contributed by atoms with E-state index in [-0.39, 0.29) is 0 Å². The molecule has 0 unspecified atom stereocenters. The van der Waals surface area contributed by atoms with E-state index >= 15 is 0 Å². The predicted molar refractivity (Wildman–Crippen MR) is 97.5 cm³/mol. The third-order valence-electron chi connectivity index (χ3n) is 3.98. The average Bonchev–Trinajstić information content (AvgIpc) is 2.48. The second kappa shape index (κ2) is 18.1. The first-order valence-corrected chi connectivity index (χ1v) is 10.2. The van der Waals surface area contributed by atoms with Gasteiger partial charge in [-0.1, -0.05) is 109 Å². The lowest BCUT2D eigenvalue weighted by Crippen LogP contribution is -1.90. The van der Waals surface area contributed by atoms with Crippen LogP contribution in [0.3, 0.4) is 0 Å². The molecule has 1 nitrogen and oxygen atoms in total. The summed E-state index contributed by atoms with van der Waals surface area (Å²) in [7, 11) is 0. The molecule has 0 saturated heterocycles. The maximum Gasteiger partial charge on any atom is 0.189 e. The zero-order valence-electron chi connectivity index (χ0n) is 14.5. The fourth-order valence-corrected chi connectivity index (χ4v) is 3.18. The Balaban J connectivity index is 3.01. The summed E-state index contributed by atoms with van der Waals surface area (Å²) in [5.74, 6) is 1.88. The minimum Gasteiger partial charge on any atom is -0.287 e. The van der Waals surface area contributed by atoms with E-state index in [1.807, 2.05) is 12.7 Å². The average molecular weight is 314 g/mol. The smallest absolute Gasteiger partial charge is 0.189 e. The van der Waals surface area contributed by atoms with Crippen LogP contribution in [-0.4, -0.2) is 5.12 Å². The number of hydrogen-bond donors (Lipinski definition) is 0. The van der Waals surface area contributed by atoms with Crippen molar-refractivity contribution in [3.63, 3.8) is 0 Å². The largest absolute Gasteiger partial charge is 0.287 e. The molecule has 0 aliphatic heterocycles. The van der Waals surface area contributed by atoms with Crippen LogP contribution in [0.2, 0.25) is 0 Å². The van der Waals surface area contributed by atoms with E-state index < -0.39 is 0 Å². The highest BCUT2D eigenvalue weighted by molar-refractivity contribution is 8.15. The molecule has 0 heterocycles. The van der Waals surface area contributed by atoms with Crippen LogP contribution in [0.1, 0.15) is 110 Å². The van der Waals surface area contributed by atoms with Gasteiger partial charge < -0.3 is 0 Å². The molecule has 1 radical (unpaired) electrons. The van der Waals surface area contributed by atoms with Crippen LogP contribution < -0.4 is 0 Å². The molecule has 0 saturated carbocycles. The number of hydrogen-bond acceptors (Lipinski definition) is 2. The minimum absolute atomic E-state index is 0.330. The highest BCUT2D eigenvalue weighted by atomic mass is 32.2. The lowest BCUT2D eigenvalue weighted by molar-refractivity contribution is -0.111. The molecule has 0 aromatic heterocycles. The van der Waals surface area contributed by atoms with Gasteiger partial charge in [-0.05, 0) is 6.42 Å². The van der Waals surface area contributed by atoms with Crippen molar-refractivity contribution in [2.24, 2.45) is 0 Å². The van der Waals surface area contributed by atoms with Gasteiger partial charge in [0.1, 0.15) is 0 Å². The second-order valence-electron chi connectivity index (χ2n) is 6.07. The predicted octanol–water partition coefficient (Wildman–Crippen LogP) is 7.30. The number of carbonyl (C=O) groups excluding carboxylic acids is 1. The summed E-state index contributed by atoms with van der Waals surface area (Å²) in [5, 5.41) is 0.330. The first-order chi connectivity index (χ1) is 10.3. The van der Waals surface area contributed by atoms with Gasteiger partial charge >= 0.3 is 0 Å². The molecule has 0 fully saturated rings. The highest BCUT2D eigenvalue weighted by Crippen LogP contribution is 2.15. The van der Waals surface area contributed by atoms with Crippen molar-refractivity contribution < 1.29 is 4.79 Å². The summed E-state index contributed by atoms with van der Waals surface area (Å²) in [6.07, 6.45) is 19.9. The van der Waals surface area contributed by atoms with Gasteiger partial charge in [-0.25, -0.2) is 0 Å². The Kier molecular flexibility index (Phi) is 18.1. The zero-order chi connectivity index (χ0) is 15.6. The van der Waals surface area contributed by atoms with Crippen molar-refractivity contribution in [3.8, 4) is 0 Å². The molecule has 2 heteroatoms. The molecular formula is C19H37OS. The normalized spacial score (nSPS) is 11.0. The molecule has 0 N–H and O–H groups in total. The summed E-state index contributed by atoms with van der Waals surface area (Å²) in [5.41, 5.74) is 0. The third kappa shape index (κ3) is 18.0. The van der Waals surface area contributed by atoms with Crippen LogP contribution in [0.4, 0.5) is 0 Å². The fourth-order valence-electron chi connectivity index (χ4n) is 2.65. The third-order valence-corrected chi connectivity index (χ3v) is 4.69. The van der Waals surface area contributed by atoms with Crippen molar-refractivity contribution in [2.45, 2.75) is 110 Å². The second-order valence-corrected chi connectivity index (χ2v) is 7.23. The summed E-state index contributed by atoms with van der Waals surface area (Å²) < 4.78 is 0. The zero-order valence-corrected chi connectivity index (χ0v) is 15.3. The van der Waals surface area contributed by atoms with Gasteiger partial charge in [0, 0.05) is 12.2 Å². The molecule has 0 rings (SSSR count). The van der Waals surface area contributed by atoms with Crippen molar-refractivity contribution in [3.05, 3.63) is 5.75 Å². The number of thioether (sulfide) groups is 1. The molecule has 0 bridgehead atoms. The summed E-state index contributed by atoms with van der Waals surface area (Å²) in [6, 6.07) is 0. The SMILES string of the molecule is C[CH]SC(=O)CCCCCCCCCCCCCCCC. The van der Waals surface area contributed by atoms with Crippen LogP contribution >= 0.6 is 11.8 Å². The molecule has 0 aliphatic rings. The van der Waals surface area contributed by atoms with Gasteiger partial charge in [0.2, 0.25) is 0 Å². The van der Waals surface area contributed by atoms with Gasteiger partial charge in [-0.3, -0.25) is 4.79 Å². The molecule has 21 heavy (non-hydrogen) atoms. The van der Waals surface area contributed by atoms with E-state index in [4.69, 9.17) is 0 Å². The first kappa shape index (κ1) is 21.0. The van der Waals surface area contributed by atoms with Crippen LogP contribution in [-0.2, 0) is 4.79 Å². The van der Waals surface area contributed by atoms with Crippen LogP contribution in [0.5, 0.6) is 0 Å². The molecule has 0 aromatic rings. The van der Waals surface area contributed by atoms with E-state index in [1.54, 1.807) is 0 Å². The van der Waals surface area contributed by atoms with Crippen molar-refractivity contribution in [1.29, 1.82) is 0 Å². The van der Waals surface area contributed by atoms with E-state index in [0.29, 0.717) is 5.12 Å². The maximum absolute atomic E-state index is 11.3. The molecule has 0 aliphatic carbocycles. The van der Waals surface area contributed by atoms with E-state index in [1.165, 1.54) is 95.2 Å². The van der Waals surface area contributed by atoms with Crippen molar-refractivity contribution in [2.75, 3.05) is 0 Å². The number of unbranched alkanes of at least 4 members (excludes halogenated alkanes) is 13. The van der Waals surface area contributed by atoms with Gasteiger partial charge in [-0.2, -0.15) is 0 Å². The maximum atomic E-state index is 11.3. The first-order valence-electron chi connectivity index (χ1n) is 9.28. The Bertz CT molecular complexity index is 216. The number of carbonyl (C=O) groups is 1. The van der Waals surface area contributed by atoms with E-state index in [2.05, 4.69) is 6.92 Å². The number of rotatable bonds is 16. The topological polar surface area (TPSA) is 17.1 Å². The molecule has 0 aromatic carbocycles. The molecule has 0 atom stereocenters. The Hall–Kier alpha value is 0.0200. The van der Waals surface area contributed by atoms with Crippen LogP contribution in [0.25, 0.3) is 0 Å². The Labute approximate surface area is 138 Å². The van der Waals surface area contributed by atoms with Gasteiger partial charge in [-0.15, -0.1) is 0 Å². The molecule has 0 amide bonds. The van der Waals surface area contributed by atoms with Crippen molar-refractivity contribution >= 4 is 16.9 Å². The standard InChI is InChI=1S/C19H37OS/c1-3-5-6-7-8-9-10-11-12-13-14-15-16-17-18-19(20)21-4-2/h4H,3,5-18H2,1-2H3. The molecular weight excluding hydrogens is 276 g/mol. The monoisotopic (exact) mass is 313 g/mol.